The van der Waals surface area contributed by atoms with Crippen LogP contribution in [0.1, 0.15) is 75.9 Å². The Hall–Kier alpha value is -3.78. The summed E-state index contributed by atoms with van der Waals surface area (Å²) in [6, 6.07) is 9.52. The smallest absolute Gasteiger partial charge is 0.278 e. The van der Waals surface area contributed by atoms with Crippen molar-refractivity contribution in [3.63, 3.8) is 0 Å². The number of quaternary nitrogens is 1. The zero-order valence-corrected chi connectivity index (χ0v) is 27.3. The number of ether oxygens (including phenoxy) is 3. The fourth-order valence-corrected chi connectivity index (χ4v) is 5.34. The highest BCUT2D eigenvalue weighted by Gasteiger charge is 2.29. The lowest BCUT2D eigenvalue weighted by atomic mass is 9.97. The van der Waals surface area contributed by atoms with Gasteiger partial charge in [0.25, 0.3) is 5.91 Å². The molecule has 0 fully saturated rings. The van der Waals surface area contributed by atoms with Gasteiger partial charge in [0.15, 0.2) is 12.3 Å². The number of phenols is 1. The Kier molecular flexibility index (Phi) is 11.1. The number of hydrogen-bond donors (Lipinski definition) is 1. The van der Waals surface area contributed by atoms with Crippen LogP contribution < -0.4 is 14.2 Å². The molecular weight excluding hydrogens is 544 g/mol. The number of benzene rings is 2. The number of aromatic hydroxyl groups is 1. The Balaban J connectivity index is 1.51. The summed E-state index contributed by atoms with van der Waals surface area (Å²) in [4.78, 5) is 27.9. The van der Waals surface area contributed by atoms with Crippen molar-refractivity contribution in [1.82, 2.24) is 4.90 Å². The van der Waals surface area contributed by atoms with Crippen LogP contribution in [0.15, 0.2) is 42.5 Å². The lowest BCUT2D eigenvalue weighted by Gasteiger charge is -2.35. The zero-order chi connectivity index (χ0) is 31.9. The molecule has 0 saturated carbocycles. The summed E-state index contributed by atoms with van der Waals surface area (Å²) >= 11 is 0. The highest BCUT2D eigenvalue weighted by atomic mass is 16.5. The second-order valence-corrected chi connectivity index (χ2v) is 12.9. The number of allylic oxidation sites excluding steroid dienone is 1. The number of ketones is 1. The monoisotopic (exact) mass is 593 g/mol. The van der Waals surface area contributed by atoms with E-state index < -0.39 is 5.60 Å². The van der Waals surface area contributed by atoms with Gasteiger partial charge in [-0.15, -0.1) is 0 Å². The lowest BCUT2D eigenvalue weighted by Crippen LogP contribution is -2.52. The van der Waals surface area contributed by atoms with E-state index in [-0.39, 0.29) is 40.8 Å². The SMILES string of the molecule is COc1cc2c(c(O)c1C(=O)/C=C/c1ccc(OCCCC[N+](C)(C)CC(=O)N(C(C)C)C(C)C)cc1)C=CC(C)(C)O2. The number of carbonyl (C=O) groups is 2. The van der Waals surface area contributed by atoms with Gasteiger partial charge in [0.1, 0.15) is 34.2 Å². The first-order valence-electron chi connectivity index (χ1n) is 15.0. The fraction of sp³-hybridized carbons (Fsp3) is 0.486. The van der Waals surface area contributed by atoms with Gasteiger partial charge < -0.3 is 28.7 Å². The predicted molar refractivity (Wildman–Crippen MR) is 172 cm³/mol. The quantitative estimate of drug-likeness (QED) is 0.119. The van der Waals surface area contributed by atoms with Gasteiger partial charge in [-0.3, -0.25) is 9.59 Å². The number of amides is 1. The number of likely N-dealkylation sites (N-methyl/N-ethyl adjacent to an activating group) is 1. The van der Waals surface area contributed by atoms with E-state index >= 15 is 0 Å². The van der Waals surface area contributed by atoms with Crippen molar-refractivity contribution in [2.75, 3.05) is 40.9 Å². The van der Waals surface area contributed by atoms with E-state index in [9.17, 15) is 14.7 Å². The van der Waals surface area contributed by atoms with Gasteiger partial charge in [-0.1, -0.05) is 18.2 Å². The Morgan fingerprint density at radius 2 is 1.72 bits per heavy atom. The van der Waals surface area contributed by atoms with Crippen LogP contribution in [-0.4, -0.2) is 84.8 Å². The number of unbranched alkanes of at least 4 members (excludes halogenated alkanes) is 1. The molecule has 0 radical (unpaired) electrons. The van der Waals surface area contributed by atoms with E-state index in [2.05, 4.69) is 41.8 Å². The molecular formula is C35H49N2O6+. The van der Waals surface area contributed by atoms with Gasteiger partial charge in [0.2, 0.25) is 0 Å². The van der Waals surface area contributed by atoms with Crippen molar-refractivity contribution in [2.45, 2.75) is 72.1 Å². The summed E-state index contributed by atoms with van der Waals surface area (Å²) in [6.07, 6.45) is 8.55. The minimum atomic E-state index is -0.521. The van der Waals surface area contributed by atoms with E-state index in [0.29, 0.717) is 28.9 Å². The summed E-state index contributed by atoms with van der Waals surface area (Å²) in [5, 5.41) is 10.9. The molecule has 0 saturated heterocycles. The molecule has 1 N–H and O–H groups in total. The molecule has 8 nitrogen and oxygen atoms in total. The van der Waals surface area contributed by atoms with Gasteiger partial charge in [-0.05, 0) is 90.3 Å². The average molecular weight is 594 g/mol. The van der Waals surface area contributed by atoms with Crippen molar-refractivity contribution >= 4 is 23.8 Å². The summed E-state index contributed by atoms with van der Waals surface area (Å²) in [5.74, 6) is 1.12. The normalized spacial score (nSPS) is 14.1. The van der Waals surface area contributed by atoms with Gasteiger partial charge in [-0.25, -0.2) is 0 Å². The molecule has 0 aliphatic carbocycles. The number of rotatable bonds is 14. The molecule has 234 valence electrons. The minimum absolute atomic E-state index is 0.0914. The standard InChI is InChI=1S/C35H48N2O6/c1-24(2)36(25(3)4)32(39)23-37(7,8)20-10-11-21-42-27-15-12-26(13-16-27)14-17-29(38)33-31(41-9)22-30-28(34(33)40)18-19-35(5,6)43-30/h12-19,22,24-25H,10-11,20-21,23H2,1-9H3/p+1/b17-14+. The third-order valence-corrected chi connectivity index (χ3v) is 7.45. The second kappa shape index (κ2) is 14.1. The van der Waals surface area contributed by atoms with Crippen LogP contribution in [0.4, 0.5) is 0 Å². The Morgan fingerprint density at radius 3 is 2.33 bits per heavy atom. The maximum Gasteiger partial charge on any atom is 0.278 e. The van der Waals surface area contributed by atoms with Gasteiger partial charge in [0, 0.05) is 18.2 Å². The molecule has 1 heterocycles. The average Bonchev–Trinajstić information content (AvgIpc) is 2.90. The van der Waals surface area contributed by atoms with E-state index in [1.807, 2.05) is 49.1 Å². The van der Waals surface area contributed by atoms with Crippen molar-refractivity contribution in [1.29, 1.82) is 0 Å². The number of fused-ring (bicyclic) bond motifs is 1. The summed E-state index contributed by atoms with van der Waals surface area (Å²) < 4.78 is 17.9. The summed E-state index contributed by atoms with van der Waals surface area (Å²) in [5.41, 5.74) is 0.849. The lowest BCUT2D eigenvalue weighted by molar-refractivity contribution is -0.883. The Bertz CT molecular complexity index is 1330. The molecule has 0 bridgehead atoms. The number of hydrogen-bond acceptors (Lipinski definition) is 6. The Labute approximate surface area is 257 Å². The van der Waals surface area contributed by atoms with Crippen molar-refractivity contribution in [3.05, 3.63) is 59.2 Å². The van der Waals surface area contributed by atoms with Gasteiger partial charge in [0.05, 0.1) is 39.9 Å². The third-order valence-electron chi connectivity index (χ3n) is 7.45. The van der Waals surface area contributed by atoms with Crippen LogP contribution in [0, 0.1) is 0 Å². The number of nitrogens with zero attached hydrogens (tertiary/aromatic N) is 2. The molecule has 0 spiro atoms. The molecule has 0 aromatic heterocycles. The van der Waals surface area contributed by atoms with Crippen LogP contribution in [0.3, 0.4) is 0 Å². The zero-order valence-electron chi connectivity index (χ0n) is 27.3. The van der Waals surface area contributed by atoms with Crippen LogP contribution in [0.25, 0.3) is 12.2 Å². The van der Waals surface area contributed by atoms with Crippen molar-refractivity contribution < 1.29 is 33.4 Å². The molecule has 43 heavy (non-hydrogen) atoms. The van der Waals surface area contributed by atoms with Crippen LogP contribution in [-0.2, 0) is 4.79 Å². The largest absolute Gasteiger partial charge is 0.506 e. The first kappa shape index (κ1) is 33.7. The maximum atomic E-state index is 13.1. The molecule has 8 heteroatoms. The summed E-state index contributed by atoms with van der Waals surface area (Å²) in [6.45, 7) is 14.0. The molecule has 0 unspecified atom stereocenters. The van der Waals surface area contributed by atoms with Crippen molar-refractivity contribution in [3.8, 4) is 23.0 Å². The van der Waals surface area contributed by atoms with Gasteiger partial charge in [-0.2, -0.15) is 0 Å². The minimum Gasteiger partial charge on any atom is -0.506 e. The van der Waals surface area contributed by atoms with Crippen molar-refractivity contribution in [2.24, 2.45) is 0 Å². The molecule has 2 aromatic rings. The predicted octanol–water partition coefficient (Wildman–Crippen LogP) is 6.36. The number of phenolic OH excluding ortho intramolecular Hbond substituents is 1. The Morgan fingerprint density at radius 1 is 1.07 bits per heavy atom. The van der Waals surface area contributed by atoms with E-state index in [0.717, 1.165) is 30.7 Å². The molecule has 0 atom stereocenters. The molecule has 1 amide bonds. The maximum absolute atomic E-state index is 13.1. The van der Waals surface area contributed by atoms with Crippen LogP contribution >= 0.6 is 0 Å². The fourth-order valence-electron chi connectivity index (χ4n) is 5.34. The van der Waals surface area contributed by atoms with Crippen LogP contribution in [0.5, 0.6) is 23.0 Å². The number of carbonyl (C=O) groups excluding carboxylic acids is 2. The molecule has 3 rings (SSSR count). The van der Waals surface area contributed by atoms with E-state index in [1.54, 1.807) is 18.2 Å². The molecule has 2 aromatic carbocycles. The summed E-state index contributed by atoms with van der Waals surface area (Å²) in [7, 11) is 5.66. The highest BCUT2D eigenvalue weighted by Crippen LogP contribution is 2.43. The third kappa shape index (κ3) is 9.10. The first-order chi connectivity index (χ1) is 20.1. The van der Waals surface area contributed by atoms with E-state index in [4.69, 9.17) is 14.2 Å². The second-order valence-electron chi connectivity index (χ2n) is 12.9. The topological polar surface area (TPSA) is 85.3 Å². The van der Waals surface area contributed by atoms with Gasteiger partial charge >= 0.3 is 0 Å². The van der Waals surface area contributed by atoms with Crippen LogP contribution in [0.2, 0.25) is 0 Å². The molecule has 1 aliphatic heterocycles. The van der Waals surface area contributed by atoms with E-state index in [1.165, 1.54) is 13.2 Å². The molecule has 1 aliphatic rings. The first-order valence-corrected chi connectivity index (χ1v) is 15.0. The number of methoxy groups -OCH3 is 1. The highest BCUT2D eigenvalue weighted by molar-refractivity contribution is 6.11.